The first-order valence-corrected chi connectivity index (χ1v) is 8.52. The molecular weight excluding hydrogens is 328 g/mol. The molecule has 0 aliphatic heterocycles. The molecule has 23 heavy (non-hydrogen) atoms. The quantitative estimate of drug-likeness (QED) is 0.514. The third-order valence-corrected chi connectivity index (χ3v) is 4.63. The van der Waals surface area contributed by atoms with Gasteiger partial charge in [0.1, 0.15) is 5.03 Å². The lowest BCUT2D eigenvalue weighted by Gasteiger charge is -2.01. The molecule has 0 N–H and O–H groups in total. The van der Waals surface area contributed by atoms with Gasteiger partial charge in [-0.1, -0.05) is 36.4 Å². The molecule has 4 aromatic rings. The van der Waals surface area contributed by atoms with E-state index in [0.29, 0.717) is 16.9 Å². The van der Waals surface area contributed by atoms with Crippen molar-refractivity contribution in [2.75, 3.05) is 0 Å². The molecule has 3 heterocycles. The second-order valence-corrected chi connectivity index (χ2v) is 6.46. The zero-order chi connectivity index (χ0) is 15.5. The molecule has 0 spiro atoms. The normalized spacial score (nSPS) is 10.8. The molecule has 5 nitrogen and oxygen atoms in total. The molecule has 112 valence electrons. The van der Waals surface area contributed by atoms with Crippen LogP contribution in [0.3, 0.4) is 0 Å². The van der Waals surface area contributed by atoms with Crippen LogP contribution >= 0.6 is 23.1 Å². The van der Waals surface area contributed by atoms with Gasteiger partial charge in [-0.2, -0.15) is 0 Å². The van der Waals surface area contributed by atoms with Gasteiger partial charge in [-0.15, -0.1) is 21.5 Å². The average Bonchev–Trinajstić information content (AvgIpc) is 3.27. The van der Waals surface area contributed by atoms with Gasteiger partial charge in [0.2, 0.25) is 0 Å². The van der Waals surface area contributed by atoms with Crippen molar-refractivity contribution in [3.05, 3.63) is 60.1 Å². The first kappa shape index (κ1) is 14.1. The van der Waals surface area contributed by atoms with Crippen molar-refractivity contribution in [2.45, 2.75) is 10.2 Å². The first-order chi connectivity index (χ1) is 11.4. The predicted octanol–water partition coefficient (Wildman–Crippen LogP) is 4.41. The van der Waals surface area contributed by atoms with Crippen molar-refractivity contribution in [3.63, 3.8) is 0 Å². The van der Waals surface area contributed by atoms with E-state index in [-0.39, 0.29) is 0 Å². The minimum absolute atomic E-state index is 0.464. The summed E-state index contributed by atoms with van der Waals surface area (Å²) < 4.78 is 5.67. The number of aromatic nitrogens is 4. The summed E-state index contributed by atoms with van der Waals surface area (Å²) in [5.41, 5.74) is 0.972. The Morgan fingerprint density at radius 1 is 0.957 bits per heavy atom. The van der Waals surface area contributed by atoms with Gasteiger partial charge in [-0.05, 0) is 29.3 Å². The summed E-state index contributed by atoms with van der Waals surface area (Å²) in [5, 5.41) is 11.3. The molecule has 7 heteroatoms. The number of hydrogen-bond acceptors (Lipinski definition) is 7. The Kier molecular flexibility index (Phi) is 3.87. The van der Waals surface area contributed by atoms with E-state index in [2.05, 4.69) is 20.2 Å². The molecule has 4 rings (SSSR count). The van der Waals surface area contributed by atoms with E-state index in [1.54, 1.807) is 17.5 Å². The van der Waals surface area contributed by atoms with Gasteiger partial charge in [-0.25, -0.2) is 9.97 Å². The summed E-state index contributed by atoms with van der Waals surface area (Å²) in [7, 11) is 0. The fourth-order valence-corrected chi connectivity index (χ4v) is 3.25. The van der Waals surface area contributed by atoms with Crippen LogP contribution in [-0.4, -0.2) is 20.2 Å². The van der Waals surface area contributed by atoms with Crippen LogP contribution in [0.2, 0.25) is 0 Å². The van der Waals surface area contributed by atoms with Crippen molar-refractivity contribution in [2.24, 2.45) is 0 Å². The molecule has 0 unspecified atom stereocenters. The smallest absolute Gasteiger partial charge is 0.283 e. The summed E-state index contributed by atoms with van der Waals surface area (Å²) in [5.74, 6) is 1.20. The molecule has 3 aromatic heterocycles. The highest BCUT2D eigenvalue weighted by molar-refractivity contribution is 7.99. The maximum absolute atomic E-state index is 5.67. The number of thiophene rings is 1. The number of benzene rings is 1. The highest BCUT2D eigenvalue weighted by Crippen LogP contribution is 2.30. The lowest BCUT2D eigenvalue weighted by atomic mass is 10.2. The first-order valence-electron chi connectivity index (χ1n) is 6.82. The van der Waals surface area contributed by atoms with E-state index >= 15 is 0 Å². The summed E-state index contributed by atoms with van der Waals surface area (Å²) >= 11 is 2.89. The lowest BCUT2D eigenvalue weighted by molar-refractivity contribution is 0.466. The Morgan fingerprint density at radius 3 is 2.70 bits per heavy atom. The van der Waals surface area contributed by atoms with Gasteiger partial charge in [0, 0.05) is 11.8 Å². The summed E-state index contributed by atoms with van der Waals surface area (Å²) in [4.78, 5) is 9.80. The fraction of sp³-hybridized carbons (Fsp3) is 0. The topological polar surface area (TPSA) is 64.7 Å². The third kappa shape index (κ3) is 3.15. The van der Waals surface area contributed by atoms with Crippen LogP contribution in [0.25, 0.3) is 22.2 Å². The number of nitrogens with zero attached hydrogens (tertiary/aromatic N) is 4. The Labute approximate surface area is 140 Å². The zero-order valence-electron chi connectivity index (χ0n) is 11.8. The fourth-order valence-electron chi connectivity index (χ4n) is 1.97. The van der Waals surface area contributed by atoms with Gasteiger partial charge in [0.25, 0.3) is 11.1 Å². The molecule has 0 atom stereocenters. The highest BCUT2D eigenvalue weighted by atomic mass is 32.2. The van der Waals surface area contributed by atoms with E-state index in [0.717, 1.165) is 15.5 Å². The molecule has 0 saturated carbocycles. The third-order valence-electron chi connectivity index (χ3n) is 2.99. The minimum Gasteiger partial charge on any atom is -0.410 e. The molecule has 0 bridgehead atoms. The standard InChI is InChI=1S/C16H10N4OS2/c1-2-5-11(6-3-1)14-17-9-8-13(18-14)23-16-20-19-15(21-16)12-7-4-10-22-12/h1-10H. The predicted molar refractivity (Wildman–Crippen MR) is 89.2 cm³/mol. The molecule has 0 saturated heterocycles. The second kappa shape index (κ2) is 6.31. The van der Waals surface area contributed by atoms with Gasteiger partial charge in [-0.3, -0.25) is 0 Å². The maximum Gasteiger partial charge on any atom is 0.283 e. The van der Waals surface area contributed by atoms with Gasteiger partial charge in [0.15, 0.2) is 5.82 Å². The van der Waals surface area contributed by atoms with E-state index in [4.69, 9.17) is 4.42 Å². The molecular formula is C16H10N4OS2. The molecule has 0 aliphatic carbocycles. The monoisotopic (exact) mass is 338 g/mol. The van der Waals surface area contributed by atoms with Crippen molar-refractivity contribution < 1.29 is 4.42 Å². The number of hydrogen-bond donors (Lipinski definition) is 0. The molecule has 0 fully saturated rings. The Hall–Kier alpha value is -2.51. The number of rotatable bonds is 4. The summed E-state index contributed by atoms with van der Waals surface area (Å²) in [6.07, 6.45) is 1.73. The van der Waals surface area contributed by atoms with Gasteiger partial charge >= 0.3 is 0 Å². The van der Waals surface area contributed by atoms with Crippen LogP contribution < -0.4 is 0 Å². The van der Waals surface area contributed by atoms with Crippen molar-refractivity contribution in [3.8, 4) is 22.2 Å². The van der Waals surface area contributed by atoms with Crippen molar-refractivity contribution in [1.29, 1.82) is 0 Å². The van der Waals surface area contributed by atoms with Gasteiger partial charge in [0.05, 0.1) is 4.88 Å². The molecule has 0 aliphatic rings. The van der Waals surface area contributed by atoms with Crippen LogP contribution in [0.1, 0.15) is 0 Å². The van der Waals surface area contributed by atoms with E-state index < -0.39 is 0 Å². The van der Waals surface area contributed by atoms with Crippen molar-refractivity contribution >= 4 is 23.1 Å². The van der Waals surface area contributed by atoms with Gasteiger partial charge < -0.3 is 4.42 Å². The van der Waals surface area contributed by atoms with Crippen LogP contribution in [0.4, 0.5) is 0 Å². The minimum atomic E-state index is 0.464. The maximum atomic E-state index is 5.67. The summed E-state index contributed by atoms with van der Waals surface area (Å²) in [6, 6.07) is 15.6. The van der Waals surface area contributed by atoms with E-state index in [1.807, 2.05) is 53.9 Å². The molecule has 0 radical (unpaired) electrons. The van der Waals surface area contributed by atoms with E-state index in [9.17, 15) is 0 Å². The van der Waals surface area contributed by atoms with Crippen molar-refractivity contribution in [1.82, 2.24) is 20.2 Å². The Morgan fingerprint density at radius 2 is 1.87 bits per heavy atom. The molecule has 1 aromatic carbocycles. The Bertz CT molecular complexity index is 907. The van der Waals surface area contributed by atoms with Crippen LogP contribution in [-0.2, 0) is 0 Å². The highest BCUT2D eigenvalue weighted by Gasteiger charge is 2.12. The molecule has 0 amide bonds. The second-order valence-electron chi connectivity index (χ2n) is 4.54. The summed E-state index contributed by atoms with van der Waals surface area (Å²) in [6.45, 7) is 0. The Balaban J connectivity index is 1.58. The zero-order valence-corrected chi connectivity index (χ0v) is 13.4. The largest absolute Gasteiger partial charge is 0.410 e. The van der Waals surface area contributed by atoms with Crippen LogP contribution in [0, 0.1) is 0 Å². The van der Waals surface area contributed by atoms with Crippen LogP contribution in [0.5, 0.6) is 0 Å². The lowest BCUT2D eigenvalue weighted by Crippen LogP contribution is -1.89. The van der Waals surface area contributed by atoms with E-state index in [1.165, 1.54) is 11.8 Å². The van der Waals surface area contributed by atoms with Crippen LogP contribution in [0.15, 0.2) is 74.8 Å². The average molecular weight is 338 g/mol. The SMILES string of the molecule is c1ccc(-c2nccc(Sc3nnc(-c4cccs4)o3)n2)cc1.